The summed E-state index contributed by atoms with van der Waals surface area (Å²) in [5.74, 6) is 2.53. The van der Waals surface area contributed by atoms with Crippen LogP contribution in [0.2, 0.25) is 0 Å². The third kappa shape index (κ3) is 2.31. The van der Waals surface area contributed by atoms with Crippen LogP contribution in [0, 0.1) is 6.92 Å². The summed E-state index contributed by atoms with van der Waals surface area (Å²) < 4.78 is 8.13. The molecule has 0 saturated carbocycles. The largest absolute Gasteiger partial charge is 0.496 e. The van der Waals surface area contributed by atoms with Crippen molar-refractivity contribution in [3.05, 3.63) is 46.0 Å². The molecule has 5 nitrogen and oxygen atoms in total. The molecule has 0 fully saturated rings. The number of aryl methyl sites for hydroxylation is 3. The molecule has 0 bridgehead atoms. The minimum absolute atomic E-state index is 0.699. The molecule has 3 aromatic rings. The molecule has 20 heavy (non-hydrogen) atoms. The van der Waals surface area contributed by atoms with Gasteiger partial charge in [0.05, 0.1) is 12.8 Å². The van der Waals surface area contributed by atoms with Gasteiger partial charge in [-0.15, -0.1) is 0 Å². The maximum absolute atomic E-state index is 5.36. The van der Waals surface area contributed by atoms with E-state index >= 15 is 0 Å². The van der Waals surface area contributed by atoms with E-state index in [1.807, 2.05) is 29.6 Å². The van der Waals surface area contributed by atoms with E-state index in [0.29, 0.717) is 5.78 Å². The lowest BCUT2D eigenvalue weighted by molar-refractivity contribution is 0.409. The van der Waals surface area contributed by atoms with Crippen molar-refractivity contribution in [2.24, 2.45) is 0 Å². The molecule has 104 valence electrons. The van der Waals surface area contributed by atoms with Gasteiger partial charge in [-0.2, -0.15) is 4.98 Å². The zero-order valence-corrected chi connectivity index (χ0v) is 12.9. The van der Waals surface area contributed by atoms with Crippen molar-refractivity contribution in [3.63, 3.8) is 0 Å². The van der Waals surface area contributed by atoms with E-state index in [1.165, 1.54) is 5.56 Å². The Bertz CT molecular complexity index is 747. The van der Waals surface area contributed by atoms with Gasteiger partial charge in [-0.1, -0.05) is 18.2 Å². The Kier molecular flexibility index (Phi) is 3.48. The molecule has 0 aliphatic heterocycles. The number of hydrogen-bond acceptors (Lipinski definition) is 3. The van der Waals surface area contributed by atoms with Gasteiger partial charge in [-0.3, -0.25) is 5.10 Å². The summed E-state index contributed by atoms with van der Waals surface area (Å²) in [5.41, 5.74) is 2.11. The summed E-state index contributed by atoms with van der Waals surface area (Å²) >= 11 is 3.49. The summed E-state index contributed by atoms with van der Waals surface area (Å²) in [4.78, 5) is 8.86. The average molecular weight is 335 g/mol. The molecule has 0 aliphatic carbocycles. The predicted octanol–water partition coefficient (Wildman–Crippen LogP) is 2.92. The highest BCUT2D eigenvalue weighted by Crippen LogP contribution is 2.20. The number of H-pyrrole nitrogens is 1. The first-order valence-corrected chi connectivity index (χ1v) is 7.19. The van der Waals surface area contributed by atoms with E-state index in [2.05, 4.69) is 37.1 Å². The van der Waals surface area contributed by atoms with Crippen molar-refractivity contribution < 1.29 is 4.74 Å². The Balaban J connectivity index is 1.80. The number of rotatable bonds is 4. The number of nitrogens with one attached hydrogen (secondary N) is 1. The molecule has 0 saturated heterocycles. The van der Waals surface area contributed by atoms with Crippen molar-refractivity contribution in [2.75, 3.05) is 7.11 Å². The Hall–Kier alpha value is -1.82. The number of methoxy groups -OCH3 is 1. The highest BCUT2D eigenvalue weighted by Gasteiger charge is 2.11. The first kappa shape index (κ1) is 13.2. The Morgan fingerprint density at radius 2 is 2.05 bits per heavy atom. The molecule has 3 rings (SSSR count). The van der Waals surface area contributed by atoms with Crippen LogP contribution in [0.1, 0.15) is 17.1 Å². The molecule has 6 heteroatoms. The average Bonchev–Trinajstić information content (AvgIpc) is 2.97. The van der Waals surface area contributed by atoms with Gasteiger partial charge >= 0.3 is 0 Å². The Morgan fingerprint density at radius 3 is 2.80 bits per heavy atom. The highest BCUT2D eigenvalue weighted by atomic mass is 79.9. The molecule has 0 spiro atoms. The van der Waals surface area contributed by atoms with Crippen LogP contribution >= 0.6 is 15.9 Å². The number of halogens is 1. The van der Waals surface area contributed by atoms with Gasteiger partial charge in [0.2, 0.25) is 0 Å². The van der Waals surface area contributed by atoms with Crippen LogP contribution in [0.25, 0.3) is 5.78 Å². The summed E-state index contributed by atoms with van der Waals surface area (Å²) in [6.45, 7) is 1.95. The number of hydrogen-bond donors (Lipinski definition) is 1. The minimum Gasteiger partial charge on any atom is -0.496 e. The van der Waals surface area contributed by atoms with E-state index in [-0.39, 0.29) is 0 Å². The third-order valence-corrected chi connectivity index (χ3v) is 4.19. The van der Waals surface area contributed by atoms with Crippen LogP contribution in [-0.2, 0) is 12.8 Å². The Labute approximate surface area is 125 Å². The number of ether oxygens (including phenoxy) is 1. The lowest BCUT2D eigenvalue weighted by Crippen LogP contribution is -1.97. The molecule has 1 N–H and O–H groups in total. The van der Waals surface area contributed by atoms with Gasteiger partial charge in [0, 0.05) is 6.42 Å². The van der Waals surface area contributed by atoms with E-state index in [1.54, 1.807) is 7.11 Å². The van der Waals surface area contributed by atoms with E-state index in [0.717, 1.165) is 34.7 Å². The molecule has 2 aromatic heterocycles. The molecule has 0 radical (unpaired) electrons. The SMILES string of the molecule is COc1ccccc1CCc1nc2nc(C)c(Br)n2[nH]1. The van der Waals surface area contributed by atoms with Crippen molar-refractivity contribution >= 4 is 21.7 Å². The van der Waals surface area contributed by atoms with Crippen molar-refractivity contribution in [1.29, 1.82) is 0 Å². The molecular weight excluding hydrogens is 320 g/mol. The van der Waals surface area contributed by atoms with Crippen LogP contribution in [0.5, 0.6) is 5.75 Å². The smallest absolute Gasteiger partial charge is 0.251 e. The second-order valence-corrected chi connectivity index (χ2v) is 5.36. The number of fused-ring (bicyclic) bond motifs is 1. The normalized spacial score (nSPS) is 11.2. The van der Waals surface area contributed by atoms with E-state index < -0.39 is 0 Å². The first-order valence-electron chi connectivity index (χ1n) is 6.40. The zero-order valence-electron chi connectivity index (χ0n) is 11.4. The van der Waals surface area contributed by atoms with Crippen molar-refractivity contribution in [1.82, 2.24) is 19.6 Å². The molecule has 2 heterocycles. The van der Waals surface area contributed by atoms with Crippen LogP contribution in [0.15, 0.2) is 28.9 Å². The van der Waals surface area contributed by atoms with Crippen LogP contribution in [0.4, 0.5) is 0 Å². The molecule has 0 atom stereocenters. The number of benzene rings is 1. The molecular formula is C14H15BrN4O. The standard InChI is InChI=1S/C14H15BrN4O/c1-9-13(15)19-14(16-9)17-12(18-19)8-7-10-5-3-4-6-11(10)20-2/h3-6H,7-8H2,1-2H3,(H,16,17,18). The highest BCUT2D eigenvalue weighted by molar-refractivity contribution is 9.10. The fourth-order valence-electron chi connectivity index (χ4n) is 2.22. The summed E-state index contributed by atoms with van der Waals surface area (Å²) in [7, 11) is 1.69. The second-order valence-electron chi connectivity index (χ2n) is 4.61. The summed E-state index contributed by atoms with van der Waals surface area (Å²) in [6, 6.07) is 8.05. The van der Waals surface area contributed by atoms with Crippen molar-refractivity contribution in [3.8, 4) is 5.75 Å². The fourth-order valence-corrected chi connectivity index (χ4v) is 2.55. The maximum atomic E-state index is 5.36. The van der Waals surface area contributed by atoms with Gasteiger partial charge in [-0.25, -0.2) is 9.50 Å². The van der Waals surface area contributed by atoms with Crippen molar-refractivity contribution in [2.45, 2.75) is 19.8 Å². The second kappa shape index (κ2) is 5.28. The summed E-state index contributed by atoms with van der Waals surface area (Å²) in [5, 5.41) is 3.25. The number of nitrogens with zero attached hydrogens (tertiary/aromatic N) is 3. The lowest BCUT2D eigenvalue weighted by atomic mass is 10.1. The molecule has 0 amide bonds. The summed E-state index contributed by atoms with van der Waals surface area (Å²) in [6.07, 6.45) is 1.69. The lowest BCUT2D eigenvalue weighted by Gasteiger charge is -2.06. The fraction of sp³-hybridized carbons (Fsp3) is 0.286. The van der Waals surface area contributed by atoms with E-state index in [4.69, 9.17) is 4.74 Å². The zero-order chi connectivity index (χ0) is 14.1. The quantitative estimate of drug-likeness (QED) is 0.798. The maximum Gasteiger partial charge on any atom is 0.251 e. The molecule has 0 aliphatic rings. The molecule has 1 aromatic carbocycles. The number of para-hydroxylation sites is 1. The van der Waals surface area contributed by atoms with Gasteiger partial charge in [0.25, 0.3) is 5.78 Å². The monoisotopic (exact) mass is 334 g/mol. The third-order valence-electron chi connectivity index (χ3n) is 3.26. The number of aromatic amines is 1. The topological polar surface area (TPSA) is 55.2 Å². The van der Waals surface area contributed by atoms with Gasteiger partial charge in [0.1, 0.15) is 16.2 Å². The van der Waals surface area contributed by atoms with Crippen LogP contribution in [0.3, 0.4) is 0 Å². The number of imidazole rings is 1. The minimum atomic E-state index is 0.699. The van der Waals surface area contributed by atoms with Crippen LogP contribution in [-0.4, -0.2) is 26.7 Å². The number of aromatic nitrogens is 4. The van der Waals surface area contributed by atoms with Gasteiger partial charge in [-0.05, 0) is 40.9 Å². The predicted molar refractivity (Wildman–Crippen MR) is 80.2 cm³/mol. The van der Waals surface area contributed by atoms with E-state index in [9.17, 15) is 0 Å². The van der Waals surface area contributed by atoms with Gasteiger partial charge in [0.15, 0.2) is 0 Å². The van der Waals surface area contributed by atoms with Gasteiger partial charge < -0.3 is 4.74 Å². The Morgan fingerprint density at radius 1 is 1.25 bits per heavy atom. The first-order chi connectivity index (χ1) is 9.69. The van der Waals surface area contributed by atoms with Crippen LogP contribution < -0.4 is 4.74 Å². The molecule has 0 unspecified atom stereocenters.